The fourth-order valence-corrected chi connectivity index (χ4v) is 3.51. The summed E-state index contributed by atoms with van der Waals surface area (Å²) >= 11 is 4.86. The molecule has 0 fully saturated rings. The molecule has 6 heteroatoms. The van der Waals surface area contributed by atoms with Gasteiger partial charge in [-0.05, 0) is 57.6 Å². The Morgan fingerprint density at radius 3 is 2.42 bits per heavy atom. The second-order valence-electron chi connectivity index (χ2n) is 4.18. The highest BCUT2D eigenvalue weighted by Gasteiger charge is 2.31. The van der Waals surface area contributed by atoms with Crippen LogP contribution in [0.2, 0.25) is 0 Å². The van der Waals surface area contributed by atoms with Crippen molar-refractivity contribution < 1.29 is 13.2 Å². The summed E-state index contributed by atoms with van der Waals surface area (Å²) in [5.74, 6) is 0. The number of aryl methyl sites for hydroxylation is 1. The first kappa shape index (κ1) is 14.6. The maximum atomic E-state index is 12.6. The van der Waals surface area contributed by atoms with Gasteiger partial charge in [0.05, 0.1) is 11.6 Å². The lowest BCUT2D eigenvalue weighted by atomic mass is 9.98. The van der Waals surface area contributed by atoms with Gasteiger partial charge in [0.1, 0.15) is 0 Å². The van der Waals surface area contributed by atoms with Crippen LogP contribution in [0.1, 0.15) is 27.6 Å². The summed E-state index contributed by atoms with van der Waals surface area (Å²) in [6.07, 6.45) is -4.32. The molecule has 2 N–H and O–H groups in total. The molecule has 2 rings (SSSR count). The van der Waals surface area contributed by atoms with E-state index >= 15 is 0 Å². The van der Waals surface area contributed by atoms with E-state index in [4.69, 9.17) is 5.73 Å². The fourth-order valence-electron chi connectivity index (χ4n) is 1.87. The van der Waals surface area contributed by atoms with Crippen LogP contribution in [-0.4, -0.2) is 0 Å². The smallest absolute Gasteiger partial charge is 0.320 e. The van der Waals surface area contributed by atoms with Crippen molar-refractivity contribution >= 4 is 27.3 Å². The number of benzene rings is 1. The van der Waals surface area contributed by atoms with Gasteiger partial charge in [0.15, 0.2) is 0 Å². The summed E-state index contributed by atoms with van der Waals surface area (Å²) in [6.45, 7) is 1.64. The molecule has 0 aliphatic rings. The molecule has 1 nitrogen and oxygen atoms in total. The van der Waals surface area contributed by atoms with Crippen LogP contribution in [0, 0.1) is 6.92 Å². The summed E-state index contributed by atoms with van der Waals surface area (Å²) in [6, 6.07) is 5.12. The predicted octanol–water partition coefficient (Wildman–Crippen LogP) is 4.89. The van der Waals surface area contributed by atoms with Gasteiger partial charge in [-0.3, -0.25) is 0 Å². The Hall–Kier alpha value is -0.850. The standard InChI is InChI=1S/C13H11BrF3NS/c1-7-6-8(13(15,16)17)2-3-9(7)11(18)12-10(14)4-5-19-12/h2-6,11H,18H2,1H3. The van der Waals surface area contributed by atoms with E-state index in [1.165, 1.54) is 17.4 Å². The van der Waals surface area contributed by atoms with Crippen LogP contribution in [0.15, 0.2) is 34.1 Å². The van der Waals surface area contributed by atoms with Gasteiger partial charge in [-0.15, -0.1) is 11.3 Å². The summed E-state index contributed by atoms with van der Waals surface area (Å²) in [5.41, 5.74) is 6.72. The Kier molecular flexibility index (Phi) is 4.03. The third-order valence-corrected chi connectivity index (χ3v) is 4.81. The van der Waals surface area contributed by atoms with Crippen LogP contribution < -0.4 is 5.73 Å². The van der Waals surface area contributed by atoms with E-state index in [9.17, 15) is 13.2 Å². The lowest BCUT2D eigenvalue weighted by Crippen LogP contribution is -2.14. The average Bonchev–Trinajstić information content (AvgIpc) is 2.73. The quantitative estimate of drug-likeness (QED) is 0.820. The van der Waals surface area contributed by atoms with Gasteiger partial charge in [0, 0.05) is 9.35 Å². The van der Waals surface area contributed by atoms with E-state index in [0.29, 0.717) is 11.1 Å². The number of halogens is 4. The Balaban J connectivity index is 2.39. The maximum absolute atomic E-state index is 12.6. The average molecular weight is 350 g/mol. The van der Waals surface area contributed by atoms with Crippen LogP contribution in [-0.2, 0) is 6.18 Å². The molecule has 2 aromatic rings. The first-order valence-corrected chi connectivity index (χ1v) is 7.14. The molecule has 0 aliphatic carbocycles. The van der Waals surface area contributed by atoms with Crippen molar-refractivity contribution in [2.75, 3.05) is 0 Å². The summed E-state index contributed by atoms with van der Waals surface area (Å²) in [4.78, 5) is 0.905. The summed E-state index contributed by atoms with van der Waals surface area (Å²) < 4.78 is 38.7. The third kappa shape index (κ3) is 3.01. The molecule has 0 saturated heterocycles. The number of thiophene rings is 1. The molecule has 1 aromatic carbocycles. The van der Waals surface area contributed by atoms with E-state index in [0.717, 1.165) is 21.5 Å². The van der Waals surface area contributed by atoms with Crippen LogP contribution in [0.25, 0.3) is 0 Å². The van der Waals surface area contributed by atoms with Gasteiger partial charge < -0.3 is 5.73 Å². The molecule has 102 valence electrons. The first-order chi connectivity index (χ1) is 8.80. The Bertz CT molecular complexity index is 592. The van der Waals surface area contributed by atoms with Crippen molar-refractivity contribution in [1.29, 1.82) is 0 Å². The zero-order valence-electron chi connectivity index (χ0n) is 9.96. The highest BCUT2D eigenvalue weighted by Crippen LogP contribution is 2.35. The molecule has 19 heavy (non-hydrogen) atoms. The second-order valence-corrected chi connectivity index (χ2v) is 5.98. The number of alkyl halides is 3. The molecule has 1 atom stereocenters. The second kappa shape index (κ2) is 5.26. The molecular weight excluding hydrogens is 339 g/mol. The van der Waals surface area contributed by atoms with Gasteiger partial charge in [0.2, 0.25) is 0 Å². The largest absolute Gasteiger partial charge is 0.416 e. The Labute approximate surface area is 121 Å². The van der Waals surface area contributed by atoms with Gasteiger partial charge >= 0.3 is 6.18 Å². The topological polar surface area (TPSA) is 26.0 Å². The number of hydrogen-bond donors (Lipinski definition) is 1. The maximum Gasteiger partial charge on any atom is 0.416 e. The normalized spacial score (nSPS) is 13.6. The molecule has 0 spiro atoms. The van der Waals surface area contributed by atoms with Gasteiger partial charge in [-0.25, -0.2) is 0 Å². The van der Waals surface area contributed by atoms with Gasteiger partial charge in [-0.2, -0.15) is 13.2 Å². The first-order valence-electron chi connectivity index (χ1n) is 5.47. The SMILES string of the molecule is Cc1cc(C(F)(F)F)ccc1C(N)c1sccc1Br. The van der Waals surface area contributed by atoms with Crippen molar-refractivity contribution in [3.8, 4) is 0 Å². The van der Waals surface area contributed by atoms with Crippen LogP contribution in [0.4, 0.5) is 13.2 Å². The third-order valence-electron chi connectivity index (χ3n) is 2.86. The minimum Gasteiger partial charge on any atom is -0.320 e. The predicted molar refractivity (Wildman–Crippen MR) is 74.2 cm³/mol. The summed E-state index contributed by atoms with van der Waals surface area (Å²) in [7, 11) is 0. The van der Waals surface area contributed by atoms with Crippen LogP contribution >= 0.6 is 27.3 Å². The Morgan fingerprint density at radius 1 is 1.26 bits per heavy atom. The number of hydrogen-bond acceptors (Lipinski definition) is 2. The van der Waals surface area contributed by atoms with Crippen LogP contribution in [0.5, 0.6) is 0 Å². The number of rotatable bonds is 2. The van der Waals surface area contributed by atoms with Crippen LogP contribution in [0.3, 0.4) is 0 Å². The van der Waals surface area contributed by atoms with Crippen molar-refractivity contribution in [2.24, 2.45) is 5.73 Å². The zero-order valence-corrected chi connectivity index (χ0v) is 12.4. The summed E-state index contributed by atoms with van der Waals surface area (Å²) in [5, 5.41) is 1.89. The van der Waals surface area contributed by atoms with E-state index < -0.39 is 17.8 Å². The monoisotopic (exact) mass is 349 g/mol. The van der Waals surface area contributed by atoms with Gasteiger partial charge in [0.25, 0.3) is 0 Å². The molecule has 0 radical (unpaired) electrons. The molecular formula is C13H11BrF3NS. The van der Waals surface area contributed by atoms with E-state index in [1.54, 1.807) is 6.92 Å². The minimum atomic E-state index is -4.32. The van der Waals surface area contributed by atoms with Crippen molar-refractivity contribution in [3.63, 3.8) is 0 Å². The molecule has 0 aliphatic heterocycles. The van der Waals surface area contributed by atoms with E-state index in [2.05, 4.69) is 15.9 Å². The van der Waals surface area contributed by atoms with Crippen molar-refractivity contribution in [2.45, 2.75) is 19.1 Å². The molecule has 1 unspecified atom stereocenters. The highest BCUT2D eigenvalue weighted by atomic mass is 79.9. The van der Waals surface area contributed by atoms with Crippen molar-refractivity contribution in [3.05, 3.63) is 55.7 Å². The molecule has 1 aromatic heterocycles. The van der Waals surface area contributed by atoms with Crippen molar-refractivity contribution in [1.82, 2.24) is 0 Å². The van der Waals surface area contributed by atoms with Gasteiger partial charge in [-0.1, -0.05) is 6.07 Å². The Morgan fingerprint density at radius 2 is 1.95 bits per heavy atom. The zero-order chi connectivity index (χ0) is 14.2. The minimum absolute atomic E-state index is 0.420. The highest BCUT2D eigenvalue weighted by molar-refractivity contribution is 9.10. The molecule has 0 amide bonds. The van der Waals surface area contributed by atoms with E-state index in [-0.39, 0.29) is 0 Å². The molecule has 0 saturated carbocycles. The lowest BCUT2D eigenvalue weighted by molar-refractivity contribution is -0.137. The molecule has 0 bridgehead atoms. The number of nitrogens with two attached hydrogens (primary N) is 1. The fraction of sp³-hybridized carbons (Fsp3) is 0.231. The lowest BCUT2D eigenvalue weighted by Gasteiger charge is -2.16. The molecule has 1 heterocycles. The van der Waals surface area contributed by atoms with E-state index in [1.807, 2.05) is 11.4 Å².